The van der Waals surface area contributed by atoms with E-state index >= 15 is 0 Å². The van der Waals surface area contributed by atoms with Crippen LogP contribution in [0.25, 0.3) is 0 Å². The molecular weight excluding hydrogens is 524 g/mol. The zero-order valence-corrected chi connectivity index (χ0v) is 25.7. The molecule has 1 aliphatic heterocycles. The van der Waals surface area contributed by atoms with Gasteiger partial charge in [0.1, 0.15) is 5.60 Å². The molecule has 0 unspecified atom stereocenters. The molecule has 0 aliphatic carbocycles. The van der Waals surface area contributed by atoms with Gasteiger partial charge in [-0.25, -0.2) is 0 Å². The van der Waals surface area contributed by atoms with E-state index in [9.17, 15) is 14.7 Å². The third-order valence-corrected chi connectivity index (χ3v) is 8.10. The Morgan fingerprint density at radius 2 is 1.48 bits per heavy atom. The van der Waals surface area contributed by atoms with E-state index in [2.05, 4.69) is 20.4 Å². The lowest BCUT2D eigenvalue weighted by molar-refractivity contribution is -0.123. The fraction of sp³-hybridized carbons (Fsp3) is 0.429. The second kappa shape index (κ2) is 13.5. The van der Waals surface area contributed by atoms with E-state index in [1.807, 2.05) is 108 Å². The molecule has 1 aliphatic rings. The van der Waals surface area contributed by atoms with Gasteiger partial charge in [-0.2, -0.15) is 0 Å². The summed E-state index contributed by atoms with van der Waals surface area (Å²) >= 11 is 0. The van der Waals surface area contributed by atoms with Crippen molar-refractivity contribution in [2.75, 3.05) is 50.5 Å². The molecular formula is C35H46N4O3. The second-order valence-corrected chi connectivity index (χ2v) is 12.6. The summed E-state index contributed by atoms with van der Waals surface area (Å²) in [6.07, 6.45) is 2.36. The summed E-state index contributed by atoms with van der Waals surface area (Å²) in [7, 11) is 4.03. The van der Waals surface area contributed by atoms with Crippen molar-refractivity contribution in [1.29, 1.82) is 0 Å². The molecule has 4 rings (SSSR count). The first-order chi connectivity index (χ1) is 20.0. The van der Waals surface area contributed by atoms with Crippen molar-refractivity contribution in [3.8, 4) is 0 Å². The highest BCUT2D eigenvalue weighted by molar-refractivity contribution is 6.02. The Morgan fingerprint density at radius 1 is 0.905 bits per heavy atom. The number of nitrogens with one attached hydrogen (secondary N) is 2. The lowest BCUT2D eigenvalue weighted by atomic mass is 9.72. The Bertz CT molecular complexity index is 1290. The number of hydrogen-bond donors (Lipinski definition) is 3. The van der Waals surface area contributed by atoms with E-state index in [0.29, 0.717) is 30.9 Å². The molecule has 0 atom stereocenters. The minimum Gasteiger partial charge on any atom is -0.380 e. The van der Waals surface area contributed by atoms with Gasteiger partial charge in [0.05, 0.1) is 5.56 Å². The van der Waals surface area contributed by atoms with Crippen molar-refractivity contribution in [1.82, 2.24) is 10.2 Å². The maximum Gasteiger partial charge on any atom is 0.253 e. The van der Waals surface area contributed by atoms with Gasteiger partial charge in [-0.1, -0.05) is 81.4 Å². The van der Waals surface area contributed by atoms with Gasteiger partial charge in [0.2, 0.25) is 5.91 Å². The fourth-order valence-corrected chi connectivity index (χ4v) is 5.64. The van der Waals surface area contributed by atoms with Gasteiger partial charge in [0, 0.05) is 36.4 Å². The molecule has 0 radical (unpaired) electrons. The number of carbonyl (C=O) groups excluding carboxylic acids is 2. The molecule has 42 heavy (non-hydrogen) atoms. The number of amides is 2. The summed E-state index contributed by atoms with van der Waals surface area (Å²) in [5, 5.41) is 18.3. The monoisotopic (exact) mass is 570 g/mol. The maximum atomic E-state index is 13.5. The summed E-state index contributed by atoms with van der Waals surface area (Å²) in [5.41, 5.74) is 2.13. The summed E-state index contributed by atoms with van der Waals surface area (Å²) in [6, 6.07) is 25.4. The van der Waals surface area contributed by atoms with Crippen LogP contribution in [0.3, 0.4) is 0 Å². The minimum absolute atomic E-state index is 0.00667. The first-order valence-corrected chi connectivity index (χ1v) is 15.0. The number of piperidine rings is 1. The molecule has 0 spiro atoms. The number of nitrogens with zero attached hydrogens (tertiary/aromatic N) is 2. The van der Waals surface area contributed by atoms with Crippen LogP contribution in [0.4, 0.5) is 11.4 Å². The fourth-order valence-electron chi connectivity index (χ4n) is 5.64. The van der Waals surface area contributed by atoms with Gasteiger partial charge in [0.25, 0.3) is 5.91 Å². The van der Waals surface area contributed by atoms with Crippen LogP contribution in [0.1, 0.15) is 61.5 Å². The molecule has 3 aromatic rings. The topological polar surface area (TPSA) is 84.9 Å². The third-order valence-electron chi connectivity index (χ3n) is 8.10. The van der Waals surface area contributed by atoms with Crippen molar-refractivity contribution in [2.24, 2.45) is 11.3 Å². The van der Waals surface area contributed by atoms with Gasteiger partial charge < -0.3 is 25.5 Å². The Kier molecular flexibility index (Phi) is 10.1. The van der Waals surface area contributed by atoms with Crippen LogP contribution in [0.15, 0.2) is 78.9 Å². The van der Waals surface area contributed by atoms with E-state index in [4.69, 9.17) is 0 Å². The van der Waals surface area contributed by atoms with Gasteiger partial charge in [-0.3, -0.25) is 9.59 Å². The lowest BCUT2D eigenvalue weighted by Crippen LogP contribution is -2.44. The predicted molar refractivity (Wildman–Crippen MR) is 171 cm³/mol. The highest BCUT2D eigenvalue weighted by Crippen LogP contribution is 2.43. The molecule has 3 aromatic carbocycles. The highest BCUT2D eigenvalue weighted by atomic mass is 16.3. The van der Waals surface area contributed by atoms with Gasteiger partial charge in [-0.15, -0.1) is 0 Å². The van der Waals surface area contributed by atoms with Crippen LogP contribution >= 0.6 is 0 Å². The summed E-state index contributed by atoms with van der Waals surface area (Å²) in [6.45, 7) is 8.44. The number of aliphatic hydroxyl groups is 1. The SMILES string of the molecule is CN(C)CCCNC(=O)c1cc(NC(=O)C(C)(C)C)ccc1N1CCC(C(O)(c2ccccc2)c2ccccc2)CC1. The predicted octanol–water partition coefficient (Wildman–Crippen LogP) is 5.51. The van der Waals surface area contributed by atoms with Crippen LogP contribution in [0, 0.1) is 11.3 Å². The number of benzene rings is 3. The summed E-state index contributed by atoms with van der Waals surface area (Å²) in [4.78, 5) is 30.5. The van der Waals surface area contributed by atoms with Crippen molar-refractivity contribution in [3.05, 3.63) is 95.6 Å². The zero-order chi connectivity index (χ0) is 30.3. The second-order valence-electron chi connectivity index (χ2n) is 12.6. The molecule has 7 heteroatoms. The average Bonchev–Trinajstić information content (AvgIpc) is 2.99. The molecule has 2 amide bonds. The Labute approximate surface area is 250 Å². The first kappa shape index (κ1) is 31.3. The standard InChI is InChI=1S/C35H46N4O3/c1-34(2,3)33(41)37-29-17-18-31(30(25-29)32(40)36-21-12-22-38(4)5)39-23-19-28(20-24-39)35(42,26-13-8-6-9-14-26)27-15-10-7-11-16-27/h6-11,13-18,25,28,42H,12,19-24H2,1-5H3,(H,36,40)(H,37,41). The summed E-state index contributed by atoms with van der Waals surface area (Å²) < 4.78 is 0. The van der Waals surface area contributed by atoms with Crippen LogP contribution in [0.5, 0.6) is 0 Å². The highest BCUT2D eigenvalue weighted by Gasteiger charge is 2.41. The molecule has 0 saturated carbocycles. The zero-order valence-electron chi connectivity index (χ0n) is 25.7. The van der Waals surface area contributed by atoms with Crippen molar-refractivity contribution < 1.29 is 14.7 Å². The molecule has 7 nitrogen and oxygen atoms in total. The van der Waals surface area contributed by atoms with Crippen LogP contribution < -0.4 is 15.5 Å². The maximum absolute atomic E-state index is 13.5. The molecule has 0 aromatic heterocycles. The van der Waals surface area contributed by atoms with Gasteiger partial charge in [0.15, 0.2) is 0 Å². The quantitative estimate of drug-likeness (QED) is 0.280. The van der Waals surface area contributed by atoms with E-state index in [-0.39, 0.29) is 17.7 Å². The van der Waals surface area contributed by atoms with E-state index in [1.165, 1.54) is 0 Å². The van der Waals surface area contributed by atoms with Gasteiger partial charge in [-0.05, 0) is 75.1 Å². The largest absolute Gasteiger partial charge is 0.380 e. The van der Waals surface area contributed by atoms with Crippen molar-refractivity contribution in [2.45, 2.75) is 45.6 Å². The van der Waals surface area contributed by atoms with Crippen LogP contribution in [0.2, 0.25) is 0 Å². The summed E-state index contributed by atoms with van der Waals surface area (Å²) in [5.74, 6) is -0.246. The smallest absolute Gasteiger partial charge is 0.253 e. The molecule has 3 N–H and O–H groups in total. The Hall–Kier alpha value is -3.68. The molecule has 0 bridgehead atoms. The molecule has 1 saturated heterocycles. The van der Waals surface area contributed by atoms with Crippen LogP contribution in [-0.2, 0) is 10.4 Å². The Morgan fingerprint density at radius 3 is 2.00 bits per heavy atom. The number of carbonyl (C=O) groups is 2. The number of anilines is 2. The minimum atomic E-state index is -1.11. The molecule has 1 fully saturated rings. The van der Waals surface area contributed by atoms with Crippen molar-refractivity contribution >= 4 is 23.2 Å². The lowest BCUT2D eigenvalue weighted by Gasteiger charge is -2.43. The van der Waals surface area contributed by atoms with E-state index in [1.54, 1.807) is 6.07 Å². The van der Waals surface area contributed by atoms with Crippen LogP contribution in [-0.4, -0.2) is 62.1 Å². The van der Waals surface area contributed by atoms with E-state index in [0.717, 1.165) is 42.6 Å². The van der Waals surface area contributed by atoms with E-state index < -0.39 is 11.0 Å². The van der Waals surface area contributed by atoms with Crippen molar-refractivity contribution in [3.63, 3.8) is 0 Å². The number of rotatable bonds is 10. The molecule has 1 heterocycles. The normalized spacial score (nSPS) is 14.6. The van der Waals surface area contributed by atoms with Gasteiger partial charge >= 0.3 is 0 Å². The Balaban J connectivity index is 1.57. The average molecular weight is 571 g/mol. The first-order valence-electron chi connectivity index (χ1n) is 15.0. The third kappa shape index (κ3) is 7.39. The molecule has 224 valence electrons. The number of hydrogen-bond acceptors (Lipinski definition) is 5.